The molecular weight excluding hydrogens is 278 g/mol. The SMILES string of the molecule is CCCC1(C(=O)O)CCCN(S(=O)(=O)C2CCCC2)C1. The number of carboxylic acids is 1. The van der Waals surface area contributed by atoms with Gasteiger partial charge >= 0.3 is 5.97 Å². The Morgan fingerprint density at radius 1 is 1.30 bits per heavy atom. The Morgan fingerprint density at radius 3 is 2.50 bits per heavy atom. The van der Waals surface area contributed by atoms with Gasteiger partial charge in [0.1, 0.15) is 0 Å². The van der Waals surface area contributed by atoms with E-state index in [1.54, 1.807) is 0 Å². The first-order valence-electron chi connectivity index (χ1n) is 7.65. The van der Waals surface area contributed by atoms with E-state index >= 15 is 0 Å². The second-order valence-corrected chi connectivity index (χ2v) is 8.44. The molecule has 0 aromatic rings. The van der Waals surface area contributed by atoms with Crippen molar-refractivity contribution < 1.29 is 18.3 Å². The molecule has 1 aliphatic heterocycles. The van der Waals surface area contributed by atoms with Crippen molar-refractivity contribution in [2.24, 2.45) is 5.41 Å². The van der Waals surface area contributed by atoms with Crippen LogP contribution in [0.2, 0.25) is 0 Å². The second kappa shape index (κ2) is 6.02. The van der Waals surface area contributed by atoms with Crippen LogP contribution in [-0.2, 0) is 14.8 Å². The summed E-state index contributed by atoms with van der Waals surface area (Å²) in [6.45, 7) is 2.60. The van der Waals surface area contributed by atoms with E-state index in [9.17, 15) is 18.3 Å². The molecule has 1 aliphatic carbocycles. The molecular formula is C14H25NO4S. The minimum atomic E-state index is -3.31. The van der Waals surface area contributed by atoms with Crippen LogP contribution in [0.1, 0.15) is 58.3 Å². The fourth-order valence-electron chi connectivity index (χ4n) is 3.67. The van der Waals surface area contributed by atoms with Gasteiger partial charge in [-0.05, 0) is 32.1 Å². The van der Waals surface area contributed by atoms with Crippen molar-refractivity contribution in [1.29, 1.82) is 0 Å². The predicted molar refractivity (Wildman–Crippen MR) is 77.0 cm³/mol. The molecule has 116 valence electrons. The van der Waals surface area contributed by atoms with E-state index in [-0.39, 0.29) is 11.8 Å². The Hall–Kier alpha value is -0.620. The lowest BCUT2D eigenvalue weighted by atomic mass is 9.77. The minimum absolute atomic E-state index is 0.162. The Balaban J connectivity index is 2.18. The molecule has 1 heterocycles. The molecule has 20 heavy (non-hydrogen) atoms. The van der Waals surface area contributed by atoms with Crippen molar-refractivity contribution >= 4 is 16.0 Å². The summed E-state index contributed by atoms with van der Waals surface area (Å²) in [6, 6.07) is 0. The molecule has 0 aromatic heterocycles. The lowest BCUT2D eigenvalue weighted by Crippen LogP contribution is -2.51. The largest absolute Gasteiger partial charge is 0.481 e. The fourth-order valence-corrected chi connectivity index (χ4v) is 5.83. The van der Waals surface area contributed by atoms with E-state index in [2.05, 4.69) is 0 Å². The minimum Gasteiger partial charge on any atom is -0.481 e. The quantitative estimate of drug-likeness (QED) is 0.845. The lowest BCUT2D eigenvalue weighted by molar-refractivity contribution is -0.151. The Morgan fingerprint density at radius 2 is 1.95 bits per heavy atom. The van der Waals surface area contributed by atoms with Gasteiger partial charge in [0.05, 0.1) is 10.7 Å². The van der Waals surface area contributed by atoms with Gasteiger partial charge in [-0.1, -0.05) is 26.2 Å². The Bertz CT molecular complexity index is 452. The topological polar surface area (TPSA) is 74.7 Å². The average molecular weight is 303 g/mol. The third kappa shape index (κ3) is 2.86. The van der Waals surface area contributed by atoms with Crippen LogP contribution in [0.25, 0.3) is 0 Å². The lowest BCUT2D eigenvalue weighted by Gasteiger charge is -2.40. The number of nitrogens with zero attached hydrogens (tertiary/aromatic N) is 1. The molecule has 2 rings (SSSR count). The summed E-state index contributed by atoms with van der Waals surface area (Å²) < 4.78 is 26.7. The van der Waals surface area contributed by atoms with Crippen LogP contribution in [0, 0.1) is 5.41 Å². The zero-order valence-corrected chi connectivity index (χ0v) is 13.0. The Labute approximate surface area is 121 Å². The van der Waals surface area contributed by atoms with Crippen molar-refractivity contribution in [2.75, 3.05) is 13.1 Å². The van der Waals surface area contributed by atoms with Gasteiger partial charge in [-0.25, -0.2) is 12.7 Å². The van der Waals surface area contributed by atoms with Gasteiger partial charge in [-0.15, -0.1) is 0 Å². The highest BCUT2D eigenvalue weighted by atomic mass is 32.2. The molecule has 1 N–H and O–H groups in total. The molecule has 0 aromatic carbocycles. The first-order valence-corrected chi connectivity index (χ1v) is 9.15. The van der Waals surface area contributed by atoms with Crippen molar-refractivity contribution in [3.8, 4) is 0 Å². The highest BCUT2D eigenvalue weighted by molar-refractivity contribution is 7.89. The van der Waals surface area contributed by atoms with Crippen LogP contribution >= 0.6 is 0 Å². The van der Waals surface area contributed by atoms with E-state index in [0.717, 1.165) is 32.1 Å². The van der Waals surface area contributed by atoms with Crippen molar-refractivity contribution in [1.82, 2.24) is 4.31 Å². The highest BCUT2D eigenvalue weighted by Gasteiger charge is 2.46. The number of hydrogen-bond donors (Lipinski definition) is 1. The third-order valence-corrected chi connectivity index (χ3v) is 7.15. The standard InChI is InChI=1S/C14H25NO4S/c1-2-8-14(13(16)17)9-5-10-15(11-14)20(18,19)12-6-3-4-7-12/h12H,2-11H2,1H3,(H,16,17). The zero-order valence-electron chi connectivity index (χ0n) is 12.2. The first-order chi connectivity index (χ1) is 9.42. The highest BCUT2D eigenvalue weighted by Crippen LogP contribution is 2.38. The van der Waals surface area contributed by atoms with Gasteiger partial charge in [0.2, 0.25) is 10.0 Å². The first kappa shape index (κ1) is 15.8. The molecule has 1 saturated carbocycles. The van der Waals surface area contributed by atoms with Gasteiger partial charge in [0, 0.05) is 13.1 Å². The predicted octanol–water partition coefficient (Wildman–Crippen LogP) is 2.23. The maximum atomic E-state index is 12.6. The monoisotopic (exact) mass is 303 g/mol. The molecule has 1 atom stereocenters. The number of piperidine rings is 1. The fraction of sp³-hybridized carbons (Fsp3) is 0.929. The van der Waals surface area contributed by atoms with Crippen LogP contribution in [0.15, 0.2) is 0 Å². The van der Waals surface area contributed by atoms with Crippen LogP contribution in [0.4, 0.5) is 0 Å². The molecule has 0 bridgehead atoms. The molecule has 0 radical (unpaired) electrons. The van der Waals surface area contributed by atoms with Crippen LogP contribution < -0.4 is 0 Å². The number of carbonyl (C=O) groups is 1. The number of hydrogen-bond acceptors (Lipinski definition) is 3. The van der Waals surface area contributed by atoms with Crippen molar-refractivity contribution in [3.63, 3.8) is 0 Å². The summed E-state index contributed by atoms with van der Waals surface area (Å²) in [5, 5.41) is 9.26. The maximum absolute atomic E-state index is 12.6. The van der Waals surface area contributed by atoms with E-state index in [4.69, 9.17) is 0 Å². The second-order valence-electron chi connectivity index (χ2n) is 6.22. The molecule has 0 spiro atoms. The smallest absolute Gasteiger partial charge is 0.310 e. The Kier molecular flexibility index (Phi) is 4.74. The average Bonchev–Trinajstić information content (AvgIpc) is 2.93. The summed E-state index contributed by atoms with van der Waals surface area (Å²) in [5.41, 5.74) is -0.876. The van der Waals surface area contributed by atoms with E-state index in [1.165, 1.54) is 4.31 Å². The third-order valence-electron chi connectivity index (χ3n) is 4.81. The van der Waals surface area contributed by atoms with Gasteiger partial charge in [0.15, 0.2) is 0 Å². The zero-order chi connectivity index (χ0) is 14.8. The molecule has 2 fully saturated rings. The summed E-state index contributed by atoms with van der Waals surface area (Å²) >= 11 is 0. The van der Waals surface area contributed by atoms with Gasteiger partial charge in [-0.3, -0.25) is 4.79 Å². The molecule has 0 amide bonds. The summed E-state index contributed by atoms with van der Waals surface area (Å²) in [5.74, 6) is -0.842. The summed E-state index contributed by atoms with van der Waals surface area (Å²) in [7, 11) is -3.31. The summed E-state index contributed by atoms with van der Waals surface area (Å²) in [4.78, 5) is 11.6. The number of aliphatic carboxylic acids is 1. The van der Waals surface area contributed by atoms with Crippen LogP contribution in [0.3, 0.4) is 0 Å². The van der Waals surface area contributed by atoms with Gasteiger partial charge in [-0.2, -0.15) is 0 Å². The van der Waals surface area contributed by atoms with Crippen LogP contribution in [-0.4, -0.2) is 42.1 Å². The van der Waals surface area contributed by atoms with E-state index in [0.29, 0.717) is 25.8 Å². The molecule has 1 unspecified atom stereocenters. The van der Waals surface area contributed by atoms with Crippen molar-refractivity contribution in [2.45, 2.75) is 63.5 Å². The number of carboxylic acid groups (broad SMARTS) is 1. The molecule has 2 aliphatic rings. The molecule has 6 heteroatoms. The van der Waals surface area contributed by atoms with E-state index in [1.807, 2.05) is 6.92 Å². The molecule has 1 saturated heterocycles. The van der Waals surface area contributed by atoms with Gasteiger partial charge < -0.3 is 5.11 Å². The normalized spacial score (nSPS) is 29.6. The van der Waals surface area contributed by atoms with Crippen LogP contribution in [0.5, 0.6) is 0 Å². The maximum Gasteiger partial charge on any atom is 0.310 e. The van der Waals surface area contributed by atoms with Crippen molar-refractivity contribution in [3.05, 3.63) is 0 Å². The number of rotatable bonds is 5. The molecule has 5 nitrogen and oxygen atoms in total. The number of sulfonamides is 1. The van der Waals surface area contributed by atoms with E-state index < -0.39 is 21.4 Å². The summed E-state index contributed by atoms with van der Waals surface area (Å²) in [6.07, 6.45) is 5.96. The van der Waals surface area contributed by atoms with Gasteiger partial charge in [0.25, 0.3) is 0 Å².